The van der Waals surface area contributed by atoms with E-state index in [-0.39, 0.29) is 18.6 Å². The van der Waals surface area contributed by atoms with E-state index in [1.54, 1.807) is 7.05 Å². The van der Waals surface area contributed by atoms with Gasteiger partial charge in [0.15, 0.2) is 12.6 Å². The molecule has 1 amide bonds. The highest BCUT2D eigenvalue weighted by atomic mass is 16.7. The molecule has 0 aromatic rings. The van der Waals surface area contributed by atoms with Gasteiger partial charge in [-0.1, -0.05) is 6.42 Å². The minimum atomic E-state index is -1.49. The van der Waals surface area contributed by atoms with Crippen molar-refractivity contribution in [2.24, 2.45) is 0 Å². The number of amides is 1. The van der Waals surface area contributed by atoms with Gasteiger partial charge >= 0.3 is 0 Å². The van der Waals surface area contributed by atoms with Crippen LogP contribution in [0.3, 0.4) is 0 Å². The normalized spacial score (nSPS) is 33.7. The Kier molecular flexibility index (Phi) is 13.9. The molecule has 0 bridgehead atoms. The summed E-state index contributed by atoms with van der Waals surface area (Å²) < 4.78 is 22.5. The van der Waals surface area contributed by atoms with Crippen molar-refractivity contribution in [2.45, 2.75) is 94.7 Å². The van der Waals surface area contributed by atoms with Crippen molar-refractivity contribution >= 4 is 5.91 Å². The van der Waals surface area contributed by atoms with Gasteiger partial charge in [-0.05, 0) is 39.2 Å². The fraction of sp³-hybridized carbons (Fsp3) is 0.957. The molecule has 2 fully saturated rings. The standard InChI is InChI=1S/C23H44N2O10/c1-15-7-8-16(27)22(34-15)32-12-10-25(9-5-3-4-6-18(28)24-2)11-13-33-23-21(31)20(30)19(29)17(14-26)35-23/h15-17,19-23,26-27,29-31H,3-14H2,1-2H3,(H,24,28)/t15-,16?,17?,19+,20?,21?,22?,23-/m0/s1. The van der Waals surface area contributed by atoms with E-state index in [4.69, 9.17) is 18.9 Å². The maximum Gasteiger partial charge on any atom is 0.219 e. The second kappa shape index (κ2) is 16.0. The average molecular weight is 509 g/mol. The number of nitrogens with one attached hydrogen (secondary N) is 1. The van der Waals surface area contributed by atoms with E-state index >= 15 is 0 Å². The molecule has 6 N–H and O–H groups in total. The second-order valence-corrected chi connectivity index (χ2v) is 9.22. The van der Waals surface area contributed by atoms with Crippen molar-refractivity contribution in [2.75, 3.05) is 46.5 Å². The third-order valence-electron chi connectivity index (χ3n) is 6.43. The van der Waals surface area contributed by atoms with E-state index < -0.39 is 49.7 Å². The molecule has 5 unspecified atom stereocenters. The van der Waals surface area contributed by atoms with Crippen LogP contribution >= 0.6 is 0 Å². The van der Waals surface area contributed by atoms with E-state index in [0.717, 1.165) is 32.2 Å². The van der Waals surface area contributed by atoms with Crippen molar-refractivity contribution < 1.29 is 49.3 Å². The summed E-state index contributed by atoms with van der Waals surface area (Å²) >= 11 is 0. The lowest BCUT2D eigenvalue weighted by molar-refractivity contribution is -0.301. The highest BCUT2D eigenvalue weighted by molar-refractivity contribution is 5.75. The molecule has 0 aromatic carbocycles. The summed E-state index contributed by atoms with van der Waals surface area (Å²) in [6, 6.07) is 0. The number of hydrogen-bond donors (Lipinski definition) is 6. The first kappa shape index (κ1) is 30.3. The predicted molar refractivity (Wildman–Crippen MR) is 124 cm³/mol. The van der Waals surface area contributed by atoms with Crippen molar-refractivity contribution in [3.05, 3.63) is 0 Å². The molecule has 0 saturated carbocycles. The molecule has 0 aromatic heterocycles. The number of ether oxygens (including phenoxy) is 4. The molecule has 8 atom stereocenters. The Morgan fingerprint density at radius 3 is 2.26 bits per heavy atom. The van der Waals surface area contributed by atoms with Gasteiger partial charge in [0.2, 0.25) is 5.91 Å². The summed E-state index contributed by atoms with van der Waals surface area (Å²) in [5, 5.41) is 52.0. The van der Waals surface area contributed by atoms with Crippen molar-refractivity contribution in [3.8, 4) is 0 Å². The van der Waals surface area contributed by atoms with Crippen molar-refractivity contribution in [1.29, 1.82) is 0 Å². The molecule has 0 spiro atoms. The molecule has 0 radical (unpaired) electrons. The quantitative estimate of drug-likeness (QED) is 0.140. The number of rotatable bonds is 15. The summed E-state index contributed by atoms with van der Waals surface area (Å²) in [4.78, 5) is 13.5. The van der Waals surface area contributed by atoms with Crippen LogP contribution in [-0.2, 0) is 23.7 Å². The number of unbranched alkanes of at least 4 members (excludes halogenated alkanes) is 2. The van der Waals surface area contributed by atoms with E-state index in [1.165, 1.54) is 0 Å². The van der Waals surface area contributed by atoms with Gasteiger partial charge in [0.05, 0.1) is 25.9 Å². The Hall–Kier alpha value is -0.930. The number of hydrogen-bond acceptors (Lipinski definition) is 11. The fourth-order valence-corrected chi connectivity index (χ4v) is 4.14. The van der Waals surface area contributed by atoms with Crippen LogP contribution in [0.1, 0.15) is 45.4 Å². The van der Waals surface area contributed by atoms with Crippen LogP contribution in [0.25, 0.3) is 0 Å². The summed E-state index contributed by atoms with van der Waals surface area (Å²) in [7, 11) is 1.62. The van der Waals surface area contributed by atoms with Crippen LogP contribution in [0.4, 0.5) is 0 Å². The zero-order valence-electron chi connectivity index (χ0n) is 20.8. The first-order valence-corrected chi connectivity index (χ1v) is 12.6. The van der Waals surface area contributed by atoms with E-state index in [9.17, 15) is 30.3 Å². The second-order valence-electron chi connectivity index (χ2n) is 9.22. The summed E-state index contributed by atoms with van der Waals surface area (Å²) in [6.45, 7) is 3.68. The molecule has 2 saturated heterocycles. The van der Waals surface area contributed by atoms with Crippen LogP contribution in [0, 0.1) is 0 Å². The van der Waals surface area contributed by atoms with E-state index in [0.29, 0.717) is 32.5 Å². The first-order chi connectivity index (χ1) is 16.8. The molecule has 12 heteroatoms. The maximum atomic E-state index is 11.4. The molecule has 2 rings (SSSR count). The Morgan fingerprint density at radius 1 is 0.914 bits per heavy atom. The molecule has 35 heavy (non-hydrogen) atoms. The Labute approximate surface area is 207 Å². The predicted octanol–water partition coefficient (Wildman–Crippen LogP) is -1.69. The smallest absolute Gasteiger partial charge is 0.219 e. The van der Waals surface area contributed by atoms with Crippen molar-refractivity contribution in [3.63, 3.8) is 0 Å². The topological polar surface area (TPSA) is 170 Å². The maximum absolute atomic E-state index is 11.4. The highest BCUT2D eigenvalue weighted by Gasteiger charge is 2.44. The van der Waals surface area contributed by atoms with E-state index in [2.05, 4.69) is 10.2 Å². The molecule has 2 aliphatic heterocycles. The van der Waals surface area contributed by atoms with Crippen LogP contribution in [0.5, 0.6) is 0 Å². The minimum absolute atomic E-state index is 0.0171. The van der Waals surface area contributed by atoms with Gasteiger partial charge in [-0.25, -0.2) is 0 Å². The Bertz CT molecular complexity index is 599. The molecule has 0 aliphatic carbocycles. The van der Waals surface area contributed by atoms with Gasteiger partial charge in [0.25, 0.3) is 0 Å². The molecule has 206 valence electrons. The minimum Gasteiger partial charge on any atom is -0.394 e. The van der Waals surface area contributed by atoms with Crippen LogP contribution in [0.15, 0.2) is 0 Å². The van der Waals surface area contributed by atoms with Gasteiger partial charge < -0.3 is 49.8 Å². The van der Waals surface area contributed by atoms with Gasteiger partial charge in [-0.2, -0.15) is 0 Å². The third-order valence-corrected chi connectivity index (χ3v) is 6.43. The zero-order chi connectivity index (χ0) is 25.8. The lowest BCUT2D eigenvalue weighted by Gasteiger charge is -2.39. The number of aliphatic hydroxyl groups excluding tert-OH is 5. The van der Waals surface area contributed by atoms with Gasteiger partial charge in [-0.3, -0.25) is 9.69 Å². The van der Waals surface area contributed by atoms with E-state index in [1.807, 2.05) is 6.92 Å². The SMILES string of the molecule is CNC(=O)CCCCCN(CCOC1O[C@@H](C)CCC1O)CCO[C@H]1OC(CO)[C@@H](O)C(O)C1O. The molecular formula is C23H44N2O10. The lowest BCUT2D eigenvalue weighted by Crippen LogP contribution is -2.59. The lowest BCUT2D eigenvalue weighted by atomic mass is 9.99. The third kappa shape index (κ3) is 10.2. The summed E-state index contributed by atoms with van der Waals surface area (Å²) in [6.07, 6.45) is -3.41. The van der Waals surface area contributed by atoms with Crippen LogP contribution in [-0.4, -0.2) is 132 Å². The molecule has 2 heterocycles. The highest BCUT2D eigenvalue weighted by Crippen LogP contribution is 2.22. The number of aliphatic hydroxyl groups is 5. The molecule has 12 nitrogen and oxygen atoms in total. The first-order valence-electron chi connectivity index (χ1n) is 12.6. The van der Waals surface area contributed by atoms with Crippen LogP contribution in [0.2, 0.25) is 0 Å². The Balaban J connectivity index is 1.80. The fourth-order valence-electron chi connectivity index (χ4n) is 4.14. The van der Waals surface area contributed by atoms with Gasteiger partial charge in [0.1, 0.15) is 30.5 Å². The van der Waals surface area contributed by atoms with Crippen molar-refractivity contribution in [1.82, 2.24) is 10.2 Å². The van der Waals surface area contributed by atoms with Gasteiger partial charge in [-0.15, -0.1) is 0 Å². The average Bonchev–Trinajstić information content (AvgIpc) is 2.85. The summed E-state index contributed by atoms with van der Waals surface area (Å²) in [5.41, 5.74) is 0. The van der Waals surface area contributed by atoms with Gasteiger partial charge in [0, 0.05) is 26.6 Å². The summed E-state index contributed by atoms with van der Waals surface area (Å²) in [5.74, 6) is 0.0171. The number of carbonyl (C=O) groups excluding carboxylic acids is 1. The monoisotopic (exact) mass is 508 g/mol. The zero-order valence-corrected chi connectivity index (χ0v) is 20.8. The molecule has 2 aliphatic rings. The van der Waals surface area contributed by atoms with Crippen LogP contribution < -0.4 is 5.32 Å². The number of nitrogens with zero attached hydrogens (tertiary/aromatic N) is 1. The largest absolute Gasteiger partial charge is 0.394 e. The molecular weight excluding hydrogens is 464 g/mol. The Morgan fingerprint density at radius 2 is 1.60 bits per heavy atom. The number of carbonyl (C=O) groups is 1.